The first-order chi connectivity index (χ1) is 11.7. The summed E-state index contributed by atoms with van der Waals surface area (Å²) in [5.41, 5.74) is 0.203. The van der Waals surface area contributed by atoms with E-state index >= 15 is 0 Å². The quantitative estimate of drug-likeness (QED) is 0.821. The van der Waals surface area contributed by atoms with Crippen molar-refractivity contribution in [2.24, 2.45) is 0 Å². The molecule has 2 atom stereocenters. The third-order valence-electron chi connectivity index (χ3n) is 4.54. The molecule has 25 heavy (non-hydrogen) atoms. The summed E-state index contributed by atoms with van der Waals surface area (Å²) < 4.78 is 5.50. The second-order valence-electron chi connectivity index (χ2n) is 7.67. The van der Waals surface area contributed by atoms with Gasteiger partial charge in [-0.3, -0.25) is 0 Å². The van der Waals surface area contributed by atoms with E-state index in [0.717, 1.165) is 12.8 Å². The van der Waals surface area contributed by atoms with Crippen molar-refractivity contribution in [1.29, 1.82) is 0 Å². The van der Waals surface area contributed by atoms with Crippen molar-refractivity contribution in [3.8, 4) is 0 Å². The van der Waals surface area contributed by atoms with Crippen molar-refractivity contribution < 1.29 is 14.6 Å². The predicted molar refractivity (Wildman–Crippen MR) is 94.8 cm³/mol. The zero-order valence-electron chi connectivity index (χ0n) is 14.9. The highest BCUT2D eigenvalue weighted by atomic mass is 35.5. The molecule has 1 amide bonds. The van der Waals surface area contributed by atoms with Gasteiger partial charge in [0.1, 0.15) is 5.60 Å². The summed E-state index contributed by atoms with van der Waals surface area (Å²) in [7, 11) is 0. The maximum atomic E-state index is 12.4. The van der Waals surface area contributed by atoms with Crippen molar-refractivity contribution in [3.05, 3.63) is 16.8 Å². The molecule has 0 aromatic carbocycles. The van der Waals surface area contributed by atoms with Gasteiger partial charge in [0.2, 0.25) is 0 Å². The van der Waals surface area contributed by atoms with Crippen LogP contribution in [0, 0.1) is 0 Å². The molecule has 1 N–H and O–H groups in total. The molecule has 8 heteroatoms. The number of aromatic nitrogens is 2. The van der Waals surface area contributed by atoms with Gasteiger partial charge in [-0.25, -0.2) is 4.79 Å². The smallest absolute Gasteiger partial charge is 0.410 e. The van der Waals surface area contributed by atoms with E-state index in [1.807, 2.05) is 20.8 Å². The molecule has 3 rings (SSSR count). The first kappa shape index (κ1) is 18.2. The first-order valence-electron chi connectivity index (χ1n) is 8.70. The third kappa shape index (κ3) is 4.15. The Bertz CT molecular complexity index is 649. The minimum Gasteiger partial charge on any atom is -0.444 e. The van der Waals surface area contributed by atoms with Crippen LogP contribution in [-0.4, -0.2) is 57.6 Å². The van der Waals surface area contributed by atoms with Gasteiger partial charge in [0, 0.05) is 31.2 Å². The Hall–Kier alpha value is -1.60. The Morgan fingerprint density at radius 3 is 2.80 bits per heavy atom. The van der Waals surface area contributed by atoms with Crippen LogP contribution < -0.4 is 4.90 Å². The van der Waals surface area contributed by atoms with Crippen molar-refractivity contribution in [2.75, 3.05) is 24.5 Å². The molecule has 0 aliphatic carbocycles. The summed E-state index contributed by atoms with van der Waals surface area (Å²) >= 11 is 5.93. The summed E-state index contributed by atoms with van der Waals surface area (Å²) in [5, 5.41) is 18.6. The van der Waals surface area contributed by atoms with Gasteiger partial charge >= 0.3 is 6.09 Å². The van der Waals surface area contributed by atoms with E-state index in [9.17, 15) is 9.90 Å². The maximum Gasteiger partial charge on any atom is 0.410 e. The minimum atomic E-state index is -0.579. The van der Waals surface area contributed by atoms with Crippen LogP contribution in [-0.2, 0) is 4.74 Å². The van der Waals surface area contributed by atoms with Crippen molar-refractivity contribution >= 4 is 23.5 Å². The van der Waals surface area contributed by atoms with Gasteiger partial charge in [-0.15, -0.1) is 10.2 Å². The van der Waals surface area contributed by atoms with Crippen LogP contribution in [0.1, 0.15) is 51.7 Å². The van der Waals surface area contributed by atoms with E-state index in [2.05, 4.69) is 15.1 Å². The van der Waals surface area contributed by atoms with Crippen molar-refractivity contribution in [1.82, 2.24) is 15.1 Å². The lowest BCUT2D eigenvalue weighted by Gasteiger charge is -2.42. The molecule has 0 spiro atoms. The van der Waals surface area contributed by atoms with Gasteiger partial charge in [0.15, 0.2) is 11.0 Å². The highest BCUT2D eigenvalue weighted by molar-refractivity contribution is 6.29. The number of rotatable bonds is 1. The molecule has 0 radical (unpaired) electrons. The molecular weight excluding hydrogens is 344 g/mol. The fourth-order valence-corrected chi connectivity index (χ4v) is 3.58. The van der Waals surface area contributed by atoms with Gasteiger partial charge in [0.05, 0.1) is 6.10 Å². The third-order valence-corrected chi connectivity index (χ3v) is 4.72. The molecule has 1 unspecified atom stereocenters. The number of amides is 1. The van der Waals surface area contributed by atoms with E-state index in [0.29, 0.717) is 37.4 Å². The number of carbonyl (C=O) groups excluding carboxylic acids is 1. The standard InChI is InChI=1S/C17H25ClN4O3/c1-17(2,3)25-16(24)21-7-4-5-11(10-21)22-8-6-13(23)12-9-14(18)19-20-15(12)22/h9,11,13,23H,4-8,10H2,1-3H3/t11-,13?/m1/s1. The van der Waals surface area contributed by atoms with E-state index < -0.39 is 11.7 Å². The van der Waals surface area contributed by atoms with Gasteiger partial charge in [0.25, 0.3) is 0 Å². The van der Waals surface area contributed by atoms with Gasteiger partial charge in [-0.05, 0) is 46.1 Å². The van der Waals surface area contributed by atoms with Crippen molar-refractivity contribution in [3.63, 3.8) is 0 Å². The molecule has 2 aliphatic rings. The average Bonchev–Trinajstić information content (AvgIpc) is 2.54. The number of aliphatic hydroxyl groups is 1. The van der Waals surface area contributed by atoms with E-state index in [-0.39, 0.29) is 17.3 Å². The lowest BCUT2D eigenvalue weighted by molar-refractivity contribution is 0.0195. The lowest BCUT2D eigenvalue weighted by atomic mass is 9.98. The fraction of sp³-hybridized carbons (Fsp3) is 0.706. The number of aliphatic hydroxyl groups excluding tert-OH is 1. The molecule has 3 heterocycles. The number of anilines is 1. The number of carbonyl (C=O) groups is 1. The van der Waals surface area contributed by atoms with Gasteiger partial charge in [-0.2, -0.15) is 0 Å². The summed E-state index contributed by atoms with van der Waals surface area (Å²) in [5.74, 6) is 0.666. The molecule has 1 saturated heterocycles. The SMILES string of the molecule is CC(C)(C)OC(=O)N1CCC[C@@H](N2CCC(O)c3cc(Cl)nnc32)C1. The number of halogens is 1. The first-order valence-corrected chi connectivity index (χ1v) is 9.08. The zero-order valence-corrected chi connectivity index (χ0v) is 15.7. The van der Waals surface area contributed by atoms with Crippen LogP contribution >= 0.6 is 11.6 Å². The summed E-state index contributed by atoms with van der Waals surface area (Å²) in [6, 6.07) is 1.80. The Morgan fingerprint density at radius 1 is 1.32 bits per heavy atom. The number of nitrogens with zero attached hydrogens (tertiary/aromatic N) is 4. The number of hydrogen-bond donors (Lipinski definition) is 1. The number of hydrogen-bond acceptors (Lipinski definition) is 6. The van der Waals surface area contributed by atoms with E-state index in [4.69, 9.17) is 16.3 Å². The lowest BCUT2D eigenvalue weighted by Crippen LogP contribution is -2.52. The highest BCUT2D eigenvalue weighted by Gasteiger charge is 2.35. The predicted octanol–water partition coefficient (Wildman–Crippen LogP) is 2.77. The molecule has 0 saturated carbocycles. The molecule has 1 aromatic rings. The summed E-state index contributed by atoms with van der Waals surface area (Å²) in [6.07, 6.45) is 1.61. The second kappa shape index (κ2) is 6.96. The number of likely N-dealkylation sites (tertiary alicyclic amines) is 1. The number of fused-ring (bicyclic) bond motifs is 1. The molecule has 2 aliphatic heterocycles. The van der Waals surface area contributed by atoms with Crippen LogP contribution in [0.15, 0.2) is 6.07 Å². The zero-order chi connectivity index (χ0) is 18.2. The summed E-state index contributed by atoms with van der Waals surface area (Å²) in [6.45, 7) is 7.56. The molecular formula is C17H25ClN4O3. The second-order valence-corrected chi connectivity index (χ2v) is 8.05. The van der Waals surface area contributed by atoms with Gasteiger partial charge < -0.3 is 19.6 Å². The normalized spacial score (nSPS) is 24.0. The number of ether oxygens (including phenoxy) is 1. The van der Waals surface area contributed by atoms with Crippen LogP contribution in [0.25, 0.3) is 0 Å². The average molecular weight is 369 g/mol. The van der Waals surface area contributed by atoms with Crippen LogP contribution in [0.5, 0.6) is 0 Å². The molecule has 1 fully saturated rings. The molecule has 0 bridgehead atoms. The van der Waals surface area contributed by atoms with Crippen LogP contribution in [0.3, 0.4) is 0 Å². The molecule has 138 valence electrons. The van der Waals surface area contributed by atoms with Crippen LogP contribution in [0.2, 0.25) is 5.15 Å². The summed E-state index contributed by atoms with van der Waals surface area (Å²) in [4.78, 5) is 16.3. The van der Waals surface area contributed by atoms with Crippen LogP contribution in [0.4, 0.5) is 10.6 Å². The molecule has 1 aromatic heterocycles. The highest BCUT2D eigenvalue weighted by Crippen LogP contribution is 2.35. The Morgan fingerprint density at radius 2 is 2.08 bits per heavy atom. The largest absolute Gasteiger partial charge is 0.444 e. The number of piperidine rings is 1. The Kier molecular flexibility index (Phi) is 5.06. The monoisotopic (exact) mass is 368 g/mol. The van der Waals surface area contributed by atoms with E-state index in [1.54, 1.807) is 11.0 Å². The van der Waals surface area contributed by atoms with Gasteiger partial charge in [-0.1, -0.05) is 11.6 Å². The minimum absolute atomic E-state index is 0.128. The molecule has 7 nitrogen and oxygen atoms in total. The fourth-order valence-electron chi connectivity index (χ4n) is 3.42. The topological polar surface area (TPSA) is 78.8 Å². The Labute approximate surface area is 152 Å². The van der Waals surface area contributed by atoms with Crippen molar-refractivity contribution in [2.45, 2.75) is 57.8 Å². The Balaban J connectivity index is 1.76. The van der Waals surface area contributed by atoms with E-state index in [1.165, 1.54) is 0 Å². The maximum absolute atomic E-state index is 12.4.